The Bertz CT molecular complexity index is 1390. The molecule has 0 radical (unpaired) electrons. The number of urea groups is 1. The number of hydrogen-bond acceptors (Lipinski definition) is 8. The zero-order chi connectivity index (χ0) is 34.1. The van der Waals surface area contributed by atoms with Crippen LogP contribution in [0.1, 0.15) is 63.5 Å². The Morgan fingerprint density at radius 3 is 1.96 bits per heavy atom. The molecule has 0 aliphatic carbocycles. The van der Waals surface area contributed by atoms with Crippen LogP contribution < -0.4 is 16.0 Å². The summed E-state index contributed by atoms with van der Waals surface area (Å²) in [4.78, 5) is 78.1. The summed E-state index contributed by atoms with van der Waals surface area (Å²) in [5, 5.41) is 8.64. The van der Waals surface area contributed by atoms with Crippen LogP contribution >= 0.6 is 0 Å². The number of Topliss-reactive ketones (excluding diaryl/α,β-unsaturated/α-hetero) is 1. The number of piperazine rings is 1. The fourth-order valence-electron chi connectivity index (χ4n) is 5.55. The molecule has 47 heavy (non-hydrogen) atoms. The van der Waals surface area contributed by atoms with Crippen molar-refractivity contribution in [1.29, 1.82) is 0 Å². The molecule has 2 saturated heterocycles. The summed E-state index contributed by atoms with van der Waals surface area (Å²) in [5.74, 6) is -1.21. The average molecular weight is 650 g/mol. The third-order valence-corrected chi connectivity index (χ3v) is 8.31. The first-order chi connectivity index (χ1) is 22.4. The number of carbonyl (C=O) groups is 5. The van der Waals surface area contributed by atoms with Gasteiger partial charge in [0, 0.05) is 45.0 Å². The first kappa shape index (κ1) is 35.5. The first-order valence-corrected chi connectivity index (χ1v) is 16.3. The zero-order valence-electron chi connectivity index (χ0n) is 27.9. The van der Waals surface area contributed by atoms with Gasteiger partial charge in [0.25, 0.3) is 5.91 Å². The van der Waals surface area contributed by atoms with E-state index in [2.05, 4.69) is 25.9 Å². The highest BCUT2D eigenvalue weighted by atomic mass is 16.6. The van der Waals surface area contributed by atoms with Crippen molar-refractivity contribution in [2.45, 2.75) is 77.6 Å². The van der Waals surface area contributed by atoms with Gasteiger partial charge in [-0.1, -0.05) is 58.0 Å². The van der Waals surface area contributed by atoms with Gasteiger partial charge in [0.2, 0.25) is 11.8 Å². The van der Waals surface area contributed by atoms with Crippen molar-refractivity contribution in [1.82, 2.24) is 35.7 Å². The van der Waals surface area contributed by atoms with E-state index in [0.717, 1.165) is 5.56 Å². The van der Waals surface area contributed by atoms with Gasteiger partial charge in [0.05, 0.1) is 18.8 Å². The summed E-state index contributed by atoms with van der Waals surface area (Å²) >= 11 is 0. The number of carbonyl (C=O) groups excluding carboxylic acids is 5. The van der Waals surface area contributed by atoms with Crippen LogP contribution in [0.2, 0.25) is 0 Å². The van der Waals surface area contributed by atoms with Crippen molar-refractivity contribution in [2.24, 2.45) is 11.8 Å². The maximum atomic E-state index is 13.9. The lowest BCUT2D eigenvalue weighted by Gasteiger charge is -2.35. The van der Waals surface area contributed by atoms with E-state index in [1.54, 1.807) is 16.7 Å². The molecule has 1 aromatic heterocycles. The smallest absolute Gasteiger partial charge is 0.318 e. The van der Waals surface area contributed by atoms with E-state index in [-0.39, 0.29) is 48.7 Å². The van der Waals surface area contributed by atoms with Gasteiger partial charge >= 0.3 is 6.03 Å². The van der Waals surface area contributed by atoms with Crippen molar-refractivity contribution in [3.05, 3.63) is 60.2 Å². The zero-order valence-corrected chi connectivity index (χ0v) is 27.9. The molecule has 0 unspecified atom stereocenters. The predicted octanol–water partition coefficient (Wildman–Crippen LogP) is 1.98. The van der Waals surface area contributed by atoms with Gasteiger partial charge in [-0.15, -0.1) is 0 Å². The minimum Gasteiger partial charge on any atom is -0.361 e. The molecule has 2 aliphatic rings. The van der Waals surface area contributed by atoms with E-state index in [1.165, 1.54) is 18.6 Å². The van der Waals surface area contributed by atoms with Crippen LogP contribution in [-0.4, -0.2) is 106 Å². The topological polar surface area (TPSA) is 166 Å². The number of epoxide rings is 1. The van der Waals surface area contributed by atoms with E-state index >= 15 is 0 Å². The van der Waals surface area contributed by atoms with Gasteiger partial charge < -0.3 is 30.5 Å². The number of amides is 5. The number of hydrogen-bond donors (Lipinski definition) is 3. The van der Waals surface area contributed by atoms with Crippen molar-refractivity contribution in [3.8, 4) is 0 Å². The number of aromatic nitrogens is 2. The van der Waals surface area contributed by atoms with E-state index in [0.29, 0.717) is 32.5 Å². The molecule has 3 N–H and O–H groups in total. The predicted molar refractivity (Wildman–Crippen MR) is 174 cm³/mol. The lowest BCUT2D eigenvalue weighted by atomic mass is 9.92. The van der Waals surface area contributed by atoms with Gasteiger partial charge in [0.1, 0.15) is 23.4 Å². The van der Waals surface area contributed by atoms with Crippen LogP contribution in [0.4, 0.5) is 4.79 Å². The number of ether oxygens (including phenoxy) is 1. The summed E-state index contributed by atoms with van der Waals surface area (Å²) < 4.78 is 5.36. The molecule has 0 spiro atoms. The number of nitrogens with zero attached hydrogens (tertiary/aromatic N) is 4. The molecule has 4 atom stereocenters. The van der Waals surface area contributed by atoms with Crippen LogP contribution in [0, 0.1) is 11.8 Å². The lowest BCUT2D eigenvalue weighted by Crippen LogP contribution is -2.59. The number of benzene rings is 1. The van der Waals surface area contributed by atoms with Gasteiger partial charge in [-0.2, -0.15) is 0 Å². The third kappa shape index (κ3) is 10.0. The molecule has 3 heterocycles. The quantitative estimate of drug-likeness (QED) is 0.261. The van der Waals surface area contributed by atoms with Crippen LogP contribution in [0.15, 0.2) is 48.9 Å². The Kier molecular flexibility index (Phi) is 12.0. The summed E-state index contributed by atoms with van der Waals surface area (Å²) in [6.07, 6.45) is 5.33. The van der Waals surface area contributed by atoms with E-state index in [9.17, 15) is 24.0 Å². The highest BCUT2D eigenvalue weighted by Crippen LogP contribution is 2.29. The fraction of sp³-hybridized carbons (Fsp3) is 0.559. The third-order valence-electron chi connectivity index (χ3n) is 8.31. The average Bonchev–Trinajstić information content (AvgIpc) is 3.81. The van der Waals surface area contributed by atoms with Gasteiger partial charge in [-0.25, -0.2) is 9.78 Å². The van der Waals surface area contributed by atoms with Crippen LogP contribution in [-0.2, 0) is 25.5 Å². The molecule has 2 fully saturated rings. The lowest BCUT2D eigenvalue weighted by molar-refractivity contribution is -0.133. The standard InChI is InChI=1S/C34H47N7O6/c1-22(2)17-25(29(42)34(5)21-47-34)37-30(43)26(18-23(3)4)38-31(44)27(19-24-9-7-6-8-10-24)39-33(46)41-15-13-40(14-16-41)32(45)28-20-35-11-12-36-28/h6-12,20,22-23,25-27H,13-19,21H2,1-5H3,(H,37,43)(H,38,44)(H,39,46)/t25-,26-,27-,34+/m0/s1. The molecular formula is C34H47N7O6. The first-order valence-electron chi connectivity index (χ1n) is 16.3. The number of nitrogens with one attached hydrogen (secondary N) is 3. The Labute approximate surface area is 276 Å². The van der Waals surface area contributed by atoms with Crippen molar-refractivity contribution < 1.29 is 28.7 Å². The molecule has 0 saturated carbocycles. The number of ketones is 1. The SMILES string of the molecule is CC(C)C[C@H](NC(=O)[C@H](Cc1ccccc1)NC(=O)N1CCN(C(=O)c2cnccn2)CC1)C(=O)N[C@@H](CC(C)C)C(=O)[C@@]1(C)CO1. The minimum atomic E-state index is -0.988. The van der Waals surface area contributed by atoms with Gasteiger partial charge in [0.15, 0.2) is 5.78 Å². The highest BCUT2D eigenvalue weighted by molar-refractivity contribution is 5.98. The molecule has 2 aliphatic heterocycles. The molecule has 13 nitrogen and oxygen atoms in total. The molecule has 13 heteroatoms. The minimum absolute atomic E-state index is 0.0534. The highest BCUT2D eigenvalue weighted by Gasteiger charge is 2.50. The Morgan fingerprint density at radius 1 is 0.809 bits per heavy atom. The van der Waals surface area contributed by atoms with Gasteiger partial charge in [-0.05, 0) is 37.2 Å². The van der Waals surface area contributed by atoms with Crippen molar-refractivity contribution >= 4 is 29.5 Å². The molecule has 4 rings (SSSR count). The normalized spacial score (nSPS) is 19.5. The second kappa shape index (κ2) is 15.9. The maximum absolute atomic E-state index is 13.9. The van der Waals surface area contributed by atoms with E-state index in [1.807, 2.05) is 58.0 Å². The Hall–Kier alpha value is -4.39. The molecule has 0 bridgehead atoms. The Balaban J connectivity index is 1.44. The Morgan fingerprint density at radius 2 is 1.38 bits per heavy atom. The van der Waals surface area contributed by atoms with Crippen LogP contribution in [0.25, 0.3) is 0 Å². The molecule has 5 amide bonds. The van der Waals surface area contributed by atoms with E-state index in [4.69, 9.17) is 4.74 Å². The molecular weight excluding hydrogens is 602 g/mol. The summed E-state index contributed by atoms with van der Waals surface area (Å²) in [5.41, 5.74) is 0.167. The molecule has 1 aromatic carbocycles. The van der Waals surface area contributed by atoms with Crippen molar-refractivity contribution in [3.63, 3.8) is 0 Å². The molecule has 2 aromatic rings. The van der Waals surface area contributed by atoms with Gasteiger partial charge in [-0.3, -0.25) is 24.2 Å². The summed E-state index contributed by atoms with van der Waals surface area (Å²) in [6, 6.07) is 6.19. The second-order valence-corrected chi connectivity index (χ2v) is 13.3. The largest absolute Gasteiger partial charge is 0.361 e. The summed E-state index contributed by atoms with van der Waals surface area (Å²) in [7, 11) is 0. The molecule has 254 valence electrons. The van der Waals surface area contributed by atoms with Crippen molar-refractivity contribution in [2.75, 3.05) is 32.8 Å². The summed E-state index contributed by atoms with van der Waals surface area (Å²) in [6.45, 7) is 11.0. The monoisotopic (exact) mass is 649 g/mol. The van der Waals surface area contributed by atoms with E-state index < -0.39 is 41.6 Å². The second-order valence-electron chi connectivity index (χ2n) is 13.3. The number of rotatable bonds is 14. The maximum Gasteiger partial charge on any atom is 0.318 e. The van der Waals surface area contributed by atoms with Crippen LogP contribution in [0.3, 0.4) is 0 Å². The van der Waals surface area contributed by atoms with Crippen LogP contribution in [0.5, 0.6) is 0 Å². The fourth-order valence-corrected chi connectivity index (χ4v) is 5.55.